The Morgan fingerprint density at radius 1 is 1.44 bits per heavy atom. The normalized spacial score (nSPS) is 18.6. The molecule has 4 heteroatoms. The number of furan rings is 1. The van der Waals surface area contributed by atoms with E-state index in [1.165, 1.54) is 0 Å². The van der Waals surface area contributed by atoms with Gasteiger partial charge in [0.1, 0.15) is 11.5 Å². The molecule has 2 rings (SSSR count). The van der Waals surface area contributed by atoms with E-state index < -0.39 is 0 Å². The fourth-order valence-corrected chi connectivity index (χ4v) is 2.57. The van der Waals surface area contributed by atoms with Gasteiger partial charge in [-0.1, -0.05) is 0 Å². The first-order valence-corrected chi connectivity index (χ1v) is 6.66. The molecule has 1 amide bonds. The molecule has 1 atom stereocenters. The van der Waals surface area contributed by atoms with Crippen molar-refractivity contribution in [3.63, 3.8) is 0 Å². The maximum Gasteiger partial charge on any atom is 0.223 e. The number of hydrogen-bond donors (Lipinski definition) is 2. The second-order valence-corrected chi connectivity index (χ2v) is 5.12. The van der Waals surface area contributed by atoms with E-state index in [1.807, 2.05) is 26.8 Å². The van der Waals surface area contributed by atoms with Crippen LogP contribution in [0.25, 0.3) is 0 Å². The Kier molecular flexibility index (Phi) is 4.07. The fourth-order valence-electron chi connectivity index (χ4n) is 2.57. The van der Waals surface area contributed by atoms with E-state index in [9.17, 15) is 4.79 Å². The number of piperidine rings is 1. The highest BCUT2D eigenvalue weighted by Gasteiger charge is 2.23. The molecule has 1 aliphatic rings. The summed E-state index contributed by atoms with van der Waals surface area (Å²) >= 11 is 0. The van der Waals surface area contributed by atoms with Gasteiger partial charge in [0.2, 0.25) is 5.91 Å². The zero-order chi connectivity index (χ0) is 13.1. The molecule has 0 spiro atoms. The Morgan fingerprint density at radius 3 is 2.67 bits per heavy atom. The molecule has 2 N–H and O–H groups in total. The van der Waals surface area contributed by atoms with Crippen LogP contribution in [0.15, 0.2) is 10.5 Å². The lowest BCUT2D eigenvalue weighted by Crippen LogP contribution is -2.39. The molecule has 1 fully saturated rings. The highest BCUT2D eigenvalue weighted by Crippen LogP contribution is 2.22. The number of nitrogens with one attached hydrogen (secondary N) is 2. The van der Waals surface area contributed by atoms with Crippen molar-refractivity contribution in [3.8, 4) is 0 Å². The van der Waals surface area contributed by atoms with E-state index in [0.29, 0.717) is 0 Å². The monoisotopic (exact) mass is 250 g/mol. The Bertz CT molecular complexity index is 419. The van der Waals surface area contributed by atoms with Crippen LogP contribution in [0.5, 0.6) is 0 Å². The number of aryl methyl sites for hydroxylation is 2. The smallest absolute Gasteiger partial charge is 0.223 e. The minimum atomic E-state index is 0.0184. The van der Waals surface area contributed by atoms with Gasteiger partial charge in [-0.25, -0.2) is 0 Å². The quantitative estimate of drug-likeness (QED) is 0.863. The van der Waals surface area contributed by atoms with Gasteiger partial charge < -0.3 is 15.1 Å². The van der Waals surface area contributed by atoms with Crippen LogP contribution in [0.3, 0.4) is 0 Å². The molecule has 0 radical (unpaired) electrons. The summed E-state index contributed by atoms with van der Waals surface area (Å²) in [6.45, 7) is 7.76. The van der Waals surface area contributed by atoms with Crippen molar-refractivity contribution in [3.05, 3.63) is 23.2 Å². The number of amides is 1. The van der Waals surface area contributed by atoms with Crippen molar-refractivity contribution in [1.82, 2.24) is 10.6 Å². The van der Waals surface area contributed by atoms with Gasteiger partial charge in [-0.3, -0.25) is 4.79 Å². The lowest BCUT2D eigenvalue weighted by molar-refractivity contribution is -0.126. The predicted octanol–water partition coefficient (Wildman–Crippen LogP) is 2.07. The molecule has 4 nitrogen and oxygen atoms in total. The average molecular weight is 250 g/mol. The molecule has 1 aliphatic heterocycles. The number of carbonyl (C=O) groups is 1. The minimum Gasteiger partial charge on any atom is -0.466 e. The van der Waals surface area contributed by atoms with Crippen LogP contribution in [0.1, 0.15) is 42.9 Å². The van der Waals surface area contributed by atoms with Gasteiger partial charge in [0.15, 0.2) is 0 Å². The lowest BCUT2D eigenvalue weighted by Gasteiger charge is -2.23. The van der Waals surface area contributed by atoms with Crippen LogP contribution < -0.4 is 10.6 Å². The first-order valence-electron chi connectivity index (χ1n) is 6.66. The summed E-state index contributed by atoms with van der Waals surface area (Å²) in [5.41, 5.74) is 1.08. The number of hydrogen-bond acceptors (Lipinski definition) is 3. The molecule has 2 heterocycles. The molecule has 1 unspecified atom stereocenters. The van der Waals surface area contributed by atoms with Gasteiger partial charge in [0, 0.05) is 11.5 Å². The molecular formula is C14H22N2O2. The maximum atomic E-state index is 12.1. The van der Waals surface area contributed by atoms with E-state index in [-0.39, 0.29) is 17.9 Å². The Labute approximate surface area is 108 Å². The van der Waals surface area contributed by atoms with E-state index in [4.69, 9.17) is 4.42 Å². The summed E-state index contributed by atoms with van der Waals surface area (Å²) < 4.78 is 5.50. The van der Waals surface area contributed by atoms with Crippen molar-refractivity contribution < 1.29 is 9.21 Å². The Balaban J connectivity index is 1.96. The molecule has 100 valence electrons. The second kappa shape index (κ2) is 5.57. The summed E-state index contributed by atoms with van der Waals surface area (Å²) in [5.74, 6) is 2.11. The van der Waals surface area contributed by atoms with Crippen molar-refractivity contribution in [2.45, 2.75) is 39.7 Å². The van der Waals surface area contributed by atoms with Crippen molar-refractivity contribution in [2.75, 3.05) is 13.1 Å². The fraction of sp³-hybridized carbons (Fsp3) is 0.643. The molecular weight excluding hydrogens is 228 g/mol. The van der Waals surface area contributed by atoms with E-state index in [1.54, 1.807) is 0 Å². The largest absolute Gasteiger partial charge is 0.466 e. The van der Waals surface area contributed by atoms with Crippen molar-refractivity contribution >= 4 is 5.91 Å². The highest BCUT2D eigenvalue weighted by atomic mass is 16.3. The standard InChI is InChI=1S/C14H22N2O2/c1-9-8-13(11(3)18-9)10(2)16-14(17)12-4-6-15-7-5-12/h8,10,12,15H,4-7H2,1-3H3,(H,16,17). The molecule has 0 saturated carbocycles. The minimum absolute atomic E-state index is 0.0184. The van der Waals surface area contributed by atoms with E-state index in [2.05, 4.69) is 10.6 Å². The Hall–Kier alpha value is -1.29. The Morgan fingerprint density at radius 2 is 2.11 bits per heavy atom. The van der Waals surface area contributed by atoms with Gasteiger partial charge in [-0.2, -0.15) is 0 Å². The summed E-state index contributed by atoms with van der Waals surface area (Å²) in [7, 11) is 0. The third-order valence-corrected chi connectivity index (χ3v) is 3.61. The van der Waals surface area contributed by atoms with E-state index in [0.717, 1.165) is 43.0 Å². The van der Waals surface area contributed by atoms with Gasteiger partial charge in [0.05, 0.1) is 6.04 Å². The summed E-state index contributed by atoms with van der Waals surface area (Å²) in [6, 6.07) is 2.02. The topological polar surface area (TPSA) is 54.3 Å². The van der Waals surface area contributed by atoms with Crippen LogP contribution in [-0.2, 0) is 4.79 Å². The van der Waals surface area contributed by atoms with Gasteiger partial charge in [-0.15, -0.1) is 0 Å². The zero-order valence-corrected chi connectivity index (χ0v) is 11.4. The molecule has 1 aromatic rings. The molecule has 1 aromatic heterocycles. The maximum absolute atomic E-state index is 12.1. The van der Waals surface area contributed by atoms with Crippen LogP contribution in [0, 0.1) is 19.8 Å². The first kappa shape index (κ1) is 13.1. The van der Waals surface area contributed by atoms with Crippen LogP contribution in [0.2, 0.25) is 0 Å². The molecule has 18 heavy (non-hydrogen) atoms. The van der Waals surface area contributed by atoms with Gasteiger partial charge >= 0.3 is 0 Å². The zero-order valence-electron chi connectivity index (χ0n) is 11.4. The summed E-state index contributed by atoms with van der Waals surface area (Å²) in [6.07, 6.45) is 1.86. The third-order valence-electron chi connectivity index (χ3n) is 3.61. The molecule has 0 aliphatic carbocycles. The third kappa shape index (κ3) is 2.93. The van der Waals surface area contributed by atoms with E-state index >= 15 is 0 Å². The molecule has 1 saturated heterocycles. The van der Waals surface area contributed by atoms with Gasteiger partial charge in [-0.05, 0) is 52.8 Å². The van der Waals surface area contributed by atoms with Crippen molar-refractivity contribution in [1.29, 1.82) is 0 Å². The van der Waals surface area contributed by atoms with Crippen LogP contribution in [-0.4, -0.2) is 19.0 Å². The van der Waals surface area contributed by atoms with Crippen LogP contribution in [0.4, 0.5) is 0 Å². The summed E-state index contributed by atoms with van der Waals surface area (Å²) in [4.78, 5) is 12.1. The highest BCUT2D eigenvalue weighted by molar-refractivity contribution is 5.79. The summed E-state index contributed by atoms with van der Waals surface area (Å²) in [5, 5.41) is 6.37. The van der Waals surface area contributed by atoms with Crippen LogP contribution >= 0.6 is 0 Å². The lowest BCUT2D eigenvalue weighted by atomic mass is 9.96. The molecule has 0 bridgehead atoms. The van der Waals surface area contributed by atoms with Gasteiger partial charge in [0.25, 0.3) is 0 Å². The SMILES string of the molecule is Cc1cc(C(C)NC(=O)C2CCNCC2)c(C)o1. The average Bonchev–Trinajstić information content (AvgIpc) is 2.69. The second-order valence-electron chi connectivity index (χ2n) is 5.12. The number of rotatable bonds is 3. The first-order chi connectivity index (χ1) is 8.58. The molecule has 0 aromatic carbocycles. The number of carbonyl (C=O) groups excluding carboxylic acids is 1. The van der Waals surface area contributed by atoms with Crippen molar-refractivity contribution in [2.24, 2.45) is 5.92 Å². The predicted molar refractivity (Wildman–Crippen MR) is 70.3 cm³/mol.